The van der Waals surface area contributed by atoms with Gasteiger partial charge in [-0.1, -0.05) is 45.0 Å². The fourth-order valence-electron chi connectivity index (χ4n) is 4.28. The van der Waals surface area contributed by atoms with E-state index in [9.17, 15) is 14.4 Å². The van der Waals surface area contributed by atoms with E-state index in [1.807, 2.05) is 51.1 Å². The Bertz CT molecular complexity index is 1440. The van der Waals surface area contributed by atoms with Gasteiger partial charge in [-0.2, -0.15) is 9.78 Å². The van der Waals surface area contributed by atoms with E-state index < -0.39 is 0 Å². The van der Waals surface area contributed by atoms with E-state index in [0.29, 0.717) is 34.7 Å². The molecule has 2 aromatic heterocycles. The fourth-order valence-corrected chi connectivity index (χ4v) is 4.28. The summed E-state index contributed by atoms with van der Waals surface area (Å²) in [5, 5.41) is 9.03. The molecule has 182 valence electrons. The first-order valence-electron chi connectivity index (χ1n) is 11.8. The molecule has 4 aromatic rings. The summed E-state index contributed by atoms with van der Waals surface area (Å²) in [4.78, 5) is 48.7. The van der Waals surface area contributed by atoms with Gasteiger partial charge < -0.3 is 5.32 Å². The third-order valence-electron chi connectivity index (χ3n) is 6.13. The van der Waals surface area contributed by atoms with Crippen molar-refractivity contribution in [1.82, 2.24) is 24.6 Å². The summed E-state index contributed by atoms with van der Waals surface area (Å²) >= 11 is 0. The normalized spacial score (nSPS) is 13.4. The molecule has 0 radical (unpaired) electrons. The monoisotopic (exact) mass is 482 g/mol. The van der Waals surface area contributed by atoms with E-state index in [2.05, 4.69) is 20.4 Å². The number of amides is 3. The molecule has 9 heteroatoms. The smallest absolute Gasteiger partial charge is 0.261 e. The standard InChI is InChI=1S/C27H26N6O3/c1-27(2,3)20-16-21(33(31-20)26-28-13-7-14-29-26)30-22(34)12-6-15-32-24(35)18-10-4-8-17-9-5-11-19(23(17)18)25(32)36/h4-5,7-11,13-14,16H,6,12,15H2,1-3H3,(H,30,34). The van der Waals surface area contributed by atoms with Crippen LogP contribution in [0.1, 0.15) is 60.0 Å². The lowest BCUT2D eigenvalue weighted by molar-refractivity contribution is -0.116. The van der Waals surface area contributed by atoms with Crippen molar-refractivity contribution >= 4 is 34.3 Å². The number of aromatic nitrogens is 4. The molecule has 36 heavy (non-hydrogen) atoms. The molecule has 9 nitrogen and oxygen atoms in total. The molecular formula is C27H26N6O3. The lowest BCUT2D eigenvalue weighted by atomic mass is 9.92. The highest BCUT2D eigenvalue weighted by Gasteiger charge is 2.32. The molecule has 0 atom stereocenters. The number of carbonyl (C=O) groups excluding carboxylic acids is 3. The Morgan fingerprint density at radius 2 is 1.58 bits per heavy atom. The van der Waals surface area contributed by atoms with Crippen LogP contribution in [0, 0.1) is 0 Å². The summed E-state index contributed by atoms with van der Waals surface area (Å²) in [6.07, 6.45) is 3.66. The Balaban J connectivity index is 1.29. The Kier molecular flexibility index (Phi) is 5.83. The van der Waals surface area contributed by atoms with Gasteiger partial charge in [-0.15, -0.1) is 0 Å². The molecule has 0 saturated carbocycles. The van der Waals surface area contributed by atoms with Crippen molar-refractivity contribution < 1.29 is 14.4 Å². The number of anilines is 1. The van der Waals surface area contributed by atoms with Crippen LogP contribution in [0.15, 0.2) is 60.9 Å². The van der Waals surface area contributed by atoms with E-state index in [4.69, 9.17) is 0 Å². The maximum atomic E-state index is 13.1. The second kappa shape index (κ2) is 8.99. The van der Waals surface area contributed by atoms with Crippen LogP contribution in [0.25, 0.3) is 16.7 Å². The summed E-state index contributed by atoms with van der Waals surface area (Å²) in [5.41, 5.74) is 1.55. The minimum atomic E-state index is -0.334. The molecule has 3 heterocycles. The van der Waals surface area contributed by atoms with Gasteiger partial charge in [-0.05, 0) is 30.0 Å². The number of hydrogen-bond acceptors (Lipinski definition) is 6. The van der Waals surface area contributed by atoms with Crippen LogP contribution in [0.3, 0.4) is 0 Å². The summed E-state index contributed by atoms with van der Waals surface area (Å²) in [6.45, 7) is 6.23. The molecule has 0 spiro atoms. The second-order valence-corrected chi connectivity index (χ2v) is 9.75. The van der Waals surface area contributed by atoms with Gasteiger partial charge in [0.2, 0.25) is 5.91 Å². The topological polar surface area (TPSA) is 110 Å². The maximum Gasteiger partial charge on any atom is 0.261 e. The van der Waals surface area contributed by atoms with Crippen LogP contribution in [0.5, 0.6) is 0 Å². The number of rotatable bonds is 6. The van der Waals surface area contributed by atoms with Gasteiger partial charge in [0.05, 0.1) is 5.69 Å². The molecular weight excluding hydrogens is 456 g/mol. The zero-order chi connectivity index (χ0) is 25.4. The molecule has 0 bridgehead atoms. The molecule has 5 rings (SSSR count). The Morgan fingerprint density at radius 3 is 2.19 bits per heavy atom. The molecule has 1 aliphatic rings. The number of hydrogen-bond donors (Lipinski definition) is 1. The number of imide groups is 1. The number of benzene rings is 2. The Hall–Kier alpha value is -4.40. The highest BCUT2D eigenvalue weighted by atomic mass is 16.2. The van der Waals surface area contributed by atoms with Gasteiger partial charge in [0.25, 0.3) is 17.8 Å². The van der Waals surface area contributed by atoms with Crippen LogP contribution in [0.2, 0.25) is 0 Å². The first kappa shape index (κ1) is 23.3. The molecule has 0 unspecified atom stereocenters. The van der Waals surface area contributed by atoms with E-state index in [1.54, 1.807) is 30.6 Å². The lowest BCUT2D eigenvalue weighted by Crippen LogP contribution is -2.41. The third kappa shape index (κ3) is 4.24. The van der Waals surface area contributed by atoms with Crippen LogP contribution in [-0.2, 0) is 10.2 Å². The Labute approximate surface area is 208 Å². The summed E-state index contributed by atoms with van der Waals surface area (Å²) in [7, 11) is 0. The minimum absolute atomic E-state index is 0.120. The van der Waals surface area contributed by atoms with Crippen LogP contribution in [-0.4, -0.2) is 48.9 Å². The molecule has 0 saturated heterocycles. The average molecular weight is 483 g/mol. The largest absolute Gasteiger partial charge is 0.310 e. The predicted molar refractivity (Wildman–Crippen MR) is 135 cm³/mol. The van der Waals surface area contributed by atoms with Crippen molar-refractivity contribution in [3.05, 3.63) is 77.7 Å². The SMILES string of the molecule is CC(C)(C)c1cc(NC(=O)CCCN2C(=O)c3cccc4cccc(c34)C2=O)n(-c2ncccn2)n1. The fraction of sp³-hybridized carbons (Fsp3) is 0.259. The van der Waals surface area contributed by atoms with Crippen molar-refractivity contribution in [3.8, 4) is 5.95 Å². The lowest BCUT2D eigenvalue weighted by Gasteiger charge is -2.27. The molecule has 1 aliphatic heterocycles. The highest BCUT2D eigenvalue weighted by molar-refractivity contribution is 6.25. The number of carbonyl (C=O) groups is 3. The van der Waals surface area contributed by atoms with Gasteiger partial charge in [0, 0.05) is 53.4 Å². The van der Waals surface area contributed by atoms with Crippen molar-refractivity contribution in [2.24, 2.45) is 0 Å². The van der Waals surface area contributed by atoms with Gasteiger partial charge in [-0.25, -0.2) is 9.97 Å². The maximum absolute atomic E-state index is 13.1. The molecule has 3 amide bonds. The highest BCUT2D eigenvalue weighted by Crippen LogP contribution is 2.30. The van der Waals surface area contributed by atoms with Gasteiger partial charge >= 0.3 is 0 Å². The van der Waals surface area contributed by atoms with E-state index in [0.717, 1.165) is 11.1 Å². The average Bonchev–Trinajstić information content (AvgIpc) is 3.29. The summed E-state index contributed by atoms with van der Waals surface area (Å²) in [5.74, 6) is -0.118. The quantitative estimate of drug-likeness (QED) is 0.414. The predicted octanol–water partition coefficient (Wildman–Crippen LogP) is 4.13. The number of nitrogens with zero attached hydrogens (tertiary/aromatic N) is 5. The minimum Gasteiger partial charge on any atom is -0.310 e. The van der Waals surface area contributed by atoms with Crippen molar-refractivity contribution in [2.45, 2.75) is 39.0 Å². The van der Waals surface area contributed by atoms with Gasteiger partial charge in [0.1, 0.15) is 5.82 Å². The molecule has 0 aliphatic carbocycles. The van der Waals surface area contributed by atoms with Crippen molar-refractivity contribution in [1.29, 1.82) is 0 Å². The summed E-state index contributed by atoms with van der Waals surface area (Å²) in [6, 6.07) is 14.4. The Morgan fingerprint density at radius 1 is 0.944 bits per heavy atom. The van der Waals surface area contributed by atoms with Crippen LogP contribution < -0.4 is 5.32 Å². The zero-order valence-electron chi connectivity index (χ0n) is 20.4. The van der Waals surface area contributed by atoms with Crippen LogP contribution in [0.4, 0.5) is 5.82 Å². The van der Waals surface area contributed by atoms with E-state index in [-0.39, 0.29) is 36.1 Å². The van der Waals surface area contributed by atoms with Crippen molar-refractivity contribution in [3.63, 3.8) is 0 Å². The molecule has 0 fully saturated rings. The van der Waals surface area contributed by atoms with Crippen LogP contribution >= 0.6 is 0 Å². The first-order valence-corrected chi connectivity index (χ1v) is 11.8. The van der Waals surface area contributed by atoms with Gasteiger partial charge in [-0.3, -0.25) is 19.3 Å². The zero-order valence-corrected chi connectivity index (χ0v) is 20.4. The molecule has 2 aromatic carbocycles. The second-order valence-electron chi connectivity index (χ2n) is 9.75. The van der Waals surface area contributed by atoms with E-state index in [1.165, 1.54) is 9.58 Å². The first-order chi connectivity index (χ1) is 17.2. The summed E-state index contributed by atoms with van der Waals surface area (Å²) < 4.78 is 1.51. The van der Waals surface area contributed by atoms with E-state index >= 15 is 0 Å². The third-order valence-corrected chi connectivity index (χ3v) is 6.13. The molecule has 1 N–H and O–H groups in total. The van der Waals surface area contributed by atoms with Crippen molar-refractivity contribution in [2.75, 3.05) is 11.9 Å². The van der Waals surface area contributed by atoms with Gasteiger partial charge in [0.15, 0.2) is 0 Å². The number of nitrogens with one attached hydrogen (secondary N) is 1.